The van der Waals surface area contributed by atoms with Gasteiger partial charge in [0.25, 0.3) is 10.0 Å². The number of hydrogen-bond donors (Lipinski definition) is 1. The van der Waals surface area contributed by atoms with Crippen LogP contribution < -0.4 is 4.72 Å². The lowest BCUT2D eigenvalue weighted by atomic mass is 10.1. The number of halogens is 2. The van der Waals surface area contributed by atoms with Gasteiger partial charge < -0.3 is 0 Å². The van der Waals surface area contributed by atoms with E-state index in [0.717, 1.165) is 4.31 Å². The smallest absolute Gasteiger partial charge is 0.261 e. The first-order chi connectivity index (χ1) is 11.9. The summed E-state index contributed by atoms with van der Waals surface area (Å²) in [6.45, 7) is 3.41. The summed E-state index contributed by atoms with van der Waals surface area (Å²) in [7, 11) is -4.87. The van der Waals surface area contributed by atoms with E-state index in [-0.39, 0.29) is 25.5 Å². The molecule has 0 unspecified atom stereocenters. The molecule has 0 amide bonds. The highest BCUT2D eigenvalue weighted by Gasteiger charge is 2.22. The van der Waals surface area contributed by atoms with Crippen LogP contribution in [-0.2, 0) is 20.0 Å². The van der Waals surface area contributed by atoms with Crippen molar-refractivity contribution < 1.29 is 16.8 Å². The predicted molar refractivity (Wildman–Crippen MR) is 104 cm³/mol. The molecule has 10 heteroatoms. The molecule has 2 rings (SSSR count). The first-order valence-corrected chi connectivity index (χ1v) is 11.1. The van der Waals surface area contributed by atoms with Gasteiger partial charge in [-0.15, -0.1) is 0 Å². The first kappa shape index (κ1) is 21.0. The van der Waals surface area contributed by atoms with Crippen LogP contribution in [-0.4, -0.2) is 35.2 Å². The molecular formula is C16H18Cl2N2O4S2. The normalized spacial score (nSPS) is 12.4. The van der Waals surface area contributed by atoms with Gasteiger partial charge >= 0.3 is 0 Å². The minimum Gasteiger partial charge on any atom is -0.279 e. The lowest BCUT2D eigenvalue weighted by Gasteiger charge is -2.17. The van der Waals surface area contributed by atoms with Gasteiger partial charge in [0.1, 0.15) is 0 Å². The number of anilines is 1. The van der Waals surface area contributed by atoms with E-state index in [0.29, 0.717) is 11.1 Å². The van der Waals surface area contributed by atoms with Gasteiger partial charge in [-0.2, -0.15) is 0 Å². The van der Waals surface area contributed by atoms with Gasteiger partial charge in [-0.05, 0) is 55.3 Å². The molecule has 0 fully saturated rings. The number of sulfonamides is 2. The fourth-order valence-electron chi connectivity index (χ4n) is 2.14. The quantitative estimate of drug-likeness (QED) is 0.774. The molecule has 142 valence electrons. The van der Waals surface area contributed by atoms with Crippen molar-refractivity contribution in [2.75, 3.05) is 18.8 Å². The topological polar surface area (TPSA) is 83.6 Å². The second-order valence-corrected chi connectivity index (χ2v) is 10.5. The highest BCUT2D eigenvalue weighted by atomic mass is 35.5. The summed E-state index contributed by atoms with van der Waals surface area (Å²) in [5.74, 6) is 0. The zero-order valence-electron chi connectivity index (χ0n) is 14.5. The standard InChI is InChI=1S/C16H18Cl2N2O4S2/c1-10-7-13(26(23,24)20(3)4)9-16(11(10)2)19-25(21,22)12-5-6-14(17)15(18)8-12/h5-9,19H,1-4H3. The van der Waals surface area contributed by atoms with Crippen molar-refractivity contribution in [2.45, 2.75) is 23.6 Å². The Labute approximate surface area is 163 Å². The Hall–Kier alpha value is -1.32. The van der Waals surface area contributed by atoms with Crippen molar-refractivity contribution >= 4 is 48.9 Å². The summed E-state index contributed by atoms with van der Waals surface area (Å²) in [4.78, 5) is -0.0812. The van der Waals surface area contributed by atoms with E-state index in [1.807, 2.05) is 0 Å². The third-order valence-corrected chi connectivity index (χ3v) is 7.76. The number of benzene rings is 2. The van der Waals surface area contributed by atoms with Gasteiger partial charge in [0.05, 0.1) is 25.5 Å². The molecular weight excluding hydrogens is 419 g/mol. The summed E-state index contributed by atoms with van der Waals surface area (Å²) in [6.07, 6.45) is 0. The average molecular weight is 437 g/mol. The van der Waals surface area contributed by atoms with Gasteiger partial charge in [-0.25, -0.2) is 21.1 Å². The van der Waals surface area contributed by atoms with E-state index < -0.39 is 20.0 Å². The molecule has 26 heavy (non-hydrogen) atoms. The molecule has 2 aromatic rings. The molecule has 0 aliphatic heterocycles. The molecule has 1 N–H and O–H groups in total. The van der Waals surface area contributed by atoms with Crippen molar-refractivity contribution in [3.05, 3.63) is 51.5 Å². The van der Waals surface area contributed by atoms with Crippen molar-refractivity contribution in [1.82, 2.24) is 4.31 Å². The fraction of sp³-hybridized carbons (Fsp3) is 0.250. The first-order valence-electron chi connectivity index (χ1n) is 7.38. The van der Waals surface area contributed by atoms with Crippen LogP contribution in [0.3, 0.4) is 0 Å². The molecule has 6 nitrogen and oxygen atoms in total. The maximum Gasteiger partial charge on any atom is 0.261 e. The van der Waals surface area contributed by atoms with E-state index in [1.165, 1.54) is 44.4 Å². The highest BCUT2D eigenvalue weighted by molar-refractivity contribution is 7.92. The summed E-state index contributed by atoms with van der Waals surface area (Å²) >= 11 is 11.7. The van der Waals surface area contributed by atoms with Crippen molar-refractivity contribution in [3.63, 3.8) is 0 Å². The number of aryl methyl sites for hydroxylation is 1. The van der Waals surface area contributed by atoms with E-state index in [2.05, 4.69) is 4.72 Å². The van der Waals surface area contributed by atoms with Crippen LogP contribution in [0.25, 0.3) is 0 Å². The van der Waals surface area contributed by atoms with Gasteiger partial charge in [0, 0.05) is 14.1 Å². The summed E-state index contributed by atoms with van der Waals surface area (Å²) < 4.78 is 53.6. The van der Waals surface area contributed by atoms with Crippen LogP contribution in [0, 0.1) is 13.8 Å². The monoisotopic (exact) mass is 436 g/mol. The molecule has 0 heterocycles. The number of hydrogen-bond acceptors (Lipinski definition) is 4. The molecule has 0 aromatic heterocycles. The molecule has 0 atom stereocenters. The Kier molecular flexibility index (Phi) is 5.94. The zero-order valence-corrected chi connectivity index (χ0v) is 17.7. The molecule has 0 spiro atoms. The number of rotatable bonds is 5. The zero-order chi connectivity index (χ0) is 19.9. The van der Waals surface area contributed by atoms with Gasteiger partial charge in [-0.3, -0.25) is 4.72 Å². The summed E-state index contributed by atoms with van der Waals surface area (Å²) in [5, 5.41) is 0.336. The largest absolute Gasteiger partial charge is 0.279 e. The average Bonchev–Trinajstić information content (AvgIpc) is 2.53. The van der Waals surface area contributed by atoms with E-state index in [4.69, 9.17) is 23.2 Å². The SMILES string of the molecule is Cc1cc(S(=O)(=O)N(C)C)cc(NS(=O)(=O)c2ccc(Cl)c(Cl)c2)c1C. The van der Waals surface area contributed by atoms with Crippen molar-refractivity contribution in [3.8, 4) is 0 Å². The number of nitrogens with zero attached hydrogens (tertiary/aromatic N) is 1. The van der Waals surface area contributed by atoms with Crippen LogP contribution in [0.1, 0.15) is 11.1 Å². The molecule has 0 saturated heterocycles. The Bertz CT molecular complexity index is 1070. The molecule has 0 aliphatic carbocycles. The van der Waals surface area contributed by atoms with E-state index in [9.17, 15) is 16.8 Å². The lowest BCUT2D eigenvalue weighted by molar-refractivity contribution is 0.520. The van der Waals surface area contributed by atoms with Gasteiger partial charge in [0.15, 0.2) is 0 Å². The van der Waals surface area contributed by atoms with Gasteiger partial charge in [-0.1, -0.05) is 23.2 Å². The second kappa shape index (κ2) is 7.36. The van der Waals surface area contributed by atoms with Crippen LogP contribution >= 0.6 is 23.2 Å². The van der Waals surface area contributed by atoms with Crippen LogP contribution in [0.2, 0.25) is 10.0 Å². The molecule has 0 bridgehead atoms. The van der Waals surface area contributed by atoms with E-state index >= 15 is 0 Å². The molecule has 0 saturated carbocycles. The summed E-state index contributed by atoms with van der Waals surface area (Å²) in [6, 6.07) is 6.73. The minimum absolute atomic E-state index is 0.00237. The summed E-state index contributed by atoms with van der Waals surface area (Å²) in [5.41, 5.74) is 1.43. The Morgan fingerprint density at radius 1 is 0.885 bits per heavy atom. The van der Waals surface area contributed by atoms with E-state index in [1.54, 1.807) is 13.8 Å². The predicted octanol–water partition coefficient (Wildman–Crippen LogP) is 3.66. The minimum atomic E-state index is -3.98. The lowest BCUT2D eigenvalue weighted by Crippen LogP contribution is -2.23. The highest BCUT2D eigenvalue weighted by Crippen LogP contribution is 2.29. The van der Waals surface area contributed by atoms with Crippen LogP contribution in [0.5, 0.6) is 0 Å². The van der Waals surface area contributed by atoms with Crippen molar-refractivity contribution in [1.29, 1.82) is 0 Å². The maximum atomic E-state index is 12.7. The molecule has 0 aliphatic rings. The maximum absolute atomic E-state index is 12.7. The molecule has 2 aromatic carbocycles. The third-order valence-electron chi connectivity index (χ3n) is 3.87. The van der Waals surface area contributed by atoms with Crippen LogP contribution in [0.15, 0.2) is 40.1 Å². The van der Waals surface area contributed by atoms with Gasteiger partial charge in [0.2, 0.25) is 10.0 Å². The Morgan fingerprint density at radius 2 is 1.50 bits per heavy atom. The second-order valence-electron chi connectivity index (χ2n) is 5.88. The molecule has 0 radical (unpaired) electrons. The Morgan fingerprint density at radius 3 is 2.04 bits per heavy atom. The van der Waals surface area contributed by atoms with Crippen molar-refractivity contribution in [2.24, 2.45) is 0 Å². The fourth-order valence-corrected chi connectivity index (χ4v) is 4.66. The Balaban J connectivity index is 2.55. The van der Waals surface area contributed by atoms with Crippen LogP contribution in [0.4, 0.5) is 5.69 Å². The third kappa shape index (κ3) is 4.15. The number of nitrogens with one attached hydrogen (secondary N) is 1.